The minimum Gasteiger partial charge on any atom is -0.372 e. The van der Waals surface area contributed by atoms with E-state index in [0.717, 1.165) is 23.7 Å². The first-order chi connectivity index (χ1) is 11.6. The zero-order valence-corrected chi connectivity index (χ0v) is 14.7. The summed E-state index contributed by atoms with van der Waals surface area (Å²) in [6.45, 7) is 2.20. The van der Waals surface area contributed by atoms with Gasteiger partial charge < -0.3 is 10.2 Å². The lowest BCUT2D eigenvalue weighted by Gasteiger charge is -2.17. The van der Waals surface area contributed by atoms with Crippen molar-refractivity contribution in [3.8, 4) is 0 Å². The van der Waals surface area contributed by atoms with Crippen molar-refractivity contribution in [2.75, 3.05) is 29.1 Å². The van der Waals surface area contributed by atoms with Crippen LogP contribution in [0.3, 0.4) is 0 Å². The Hall–Kier alpha value is -1.72. The highest BCUT2D eigenvalue weighted by molar-refractivity contribution is 8.00. The fraction of sp³-hybridized carbons (Fsp3) is 0.278. The number of carbonyl (C=O) groups excluding carboxylic acids is 1. The topological polar surface area (TPSA) is 32.3 Å². The molecule has 126 valence electrons. The highest BCUT2D eigenvalue weighted by atomic mass is 35.5. The van der Waals surface area contributed by atoms with Crippen LogP contribution in [-0.2, 0) is 4.79 Å². The smallest absolute Gasteiger partial charge is 0.234 e. The Morgan fingerprint density at radius 1 is 1.17 bits per heavy atom. The molecule has 1 fully saturated rings. The van der Waals surface area contributed by atoms with Crippen LogP contribution in [0.1, 0.15) is 12.8 Å². The van der Waals surface area contributed by atoms with Crippen molar-refractivity contribution in [3.05, 3.63) is 53.3 Å². The summed E-state index contributed by atoms with van der Waals surface area (Å²) in [7, 11) is 0. The molecular weight excluding hydrogens is 347 g/mol. The standard InChI is InChI=1S/C18H18ClFN2OS/c19-16-11-15(7-8-17(16)20)24-12-18(23)21-13-3-5-14(6-4-13)22-9-1-2-10-22/h3-8,11H,1-2,9-10,12H2,(H,21,23). The molecule has 0 aromatic heterocycles. The van der Waals surface area contributed by atoms with Gasteiger partial charge in [-0.2, -0.15) is 0 Å². The van der Waals surface area contributed by atoms with E-state index in [1.54, 1.807) is 6.07 Å². The Kier molecular flexibility index (Phi) is 5.63. The summed E-state index contributed by atoms with van der Waals surface area (Å²) in [5, 5.41) is 2.94. The van der Waals surface area contributed by atoms with Crippen molar-refractivity contribution in [2.45, 2.75) is 17.7 Å². The second-order valence-corrected chi connectivity index (χ2v) is 7.11. The van der Waals surface area contributed by atoms with E-state index < -0.39 is 5.82 Å². The van der Waals surface area contributed by atoms with E-state index >= 15 is 0 Å². The highest BCUT2D eigenvalue weighted by Gasteiger charge is 2.12. The second-order valence-electron chi connectivity index (χ2n) is 5.65. The van der Waals surface area contributed by atoms with E-state index in [-0.39, 0.29) is 16.7 Å². The molecule has 1 amide bonds. The molecule has 24 heavy (non-hydrogen) atoms. The fourth-order valence-corrected chi connectivity index (χ4v) is 3.62. The van der Waals surface area contributed by atoms with Crippen LogP contribution in [0.15, 0.2) is 47.4 Å². The van der Waals surface area contributed by atoms with Crippen molar-refractivity contribution in [3.63, 3.8) is 0 Å². The van der Waals surface area contributed by atoms with E-state index in [2.05, 4.69) is 10.2 Å². The van der Waals surface area contributed by atoms with E-state index in [1.165, 1.54) is 42.4 Å². The third kappa shape index (κ3) is 4.42. The van der Waals surface area contributed by atoms with Crippen molar-refractivity contribution in [1.29, 1.82) is 0 Å². The van der Waals surface area contributed by atoms with E-state index in [0.29, 0.717) is 0 Å². The van der Waals surface area contributed by atoms with Gasteiger partial charge in [-0.05, 0) is 55.3 Å². The van der Waals surface area contributed by atoms with Gasteiger partial charge in [0.1, 0.15) is 5.82 Å². The number of rotatable bonds is 5. The lowest BCUT2D eigenvalue weighted by atomic mass is 10.2. The molecule has 0 radical (unpaired) electrons. The highest BCUT2D eigenvalue weighted by Crippen LogP contribution is 2.25. The third-order valence-corrected chi connectivity index (χ3v) is 5.17. The molecule has 0 bridgehead atoms. The van der Waals surface area contributed by atoms with Crippen molar-refractivity contribution >= 4 is 40.6 Å². The molecule has 0 saturated carbocycles. The van der Waals surface area contributed by atoms with Gasteiger partial charge in [0, 0.05) is 29.4 Å². The molecule has 1 heterocycles. The van der Waals surface area contributed by atoms with Gasteiger partial charge >= 0.3 is 0 Å². The number of benzene rings is 2. The normalized spacial score (nSPS) is 14.0. The van der Waals surface area contributed by atoms with Gasteiger partial charge in [-0.15, -0.1) is 11.8 Å². The second kappa shape index (κ2) is 7.90. The van der Waals surface area contributed by atoms with Crippen LogP contribution in [-0.4, -0.2) is 24.7 Å². The van der Waals surface area contributed by atoms with Crippen LogP contribution in [0, 0.1) is 5.82 Å². The monoisotopic (exact) mass is 364 g/mol. The summed E-state index contributed by atoms with van der Waals surface area (Å²) in [6, 6.07) is 12.4. The van der Waals surface area contributed by atoms with Crippen LogP contribution in [0.2, 0.25) is 5.02 Å². The summed E-state index contributed by atoms with van der Waals surface area (Å²) in [5.74, 6) is -0.312. The molecule has 0 atom stereocenters. The molecule has 3 nitrogen and oxygen atoms in total. The average Bonchev–Trinajstić information content (AvgIpc) is 3.11. The van der Waals surface area contributed by atoms with Gasteiger partial charge in [-0.3, -0.25) is 4.79 Å². The Balaban J connectivity index is 1.51. The molecule has 1 aliphatic rings. The van der Waals surface area contributed by atoms with Crippen LogP contribution < -0.4 is 10.2 Å². The van der Waals surface area contributed by atoms with Crippen LogP contribution in [0.25, 0.3) is 0 Å². The van der Waals surface area contributed by atoms with Crippen LogP contribution in [0.5, 0.6) is 0 Å². The van der Waals surface area contributed by atoms with Gasteiger partial charge in [0.15, 0.2) is 0 Å². The maximum atomic E-state index is 13.1. The summed E-state index contributed by atoms with van der Waals surface area (Å²) in [6.07, 6.45) is 2.48. The van der Waals surface area contributed by atoms with Gasteiger partial charge in [0.2, 0.25) is 5.91 Å². The lowest BCUT2D eigenvalue weighted by Crippen LogP contribution is -2.18. The zero-order chi connectivity index (χ0) is 16.9. The molecule has 1 saturated heterocycles. The maximum absolute atomic E-state index is 13.1. The number of amides is 1. The summed E-state index contributed by atoms with van der Waals surface area (Å²) < 4.78 is 13.1. The van der Waals surface area contributed by atoms with E-state index in [4.69, 9.17) is 11.6 Å². The number of thioether (sulfide) groups is 1. The first kappa shape index (κ1) is 17.1. The summed E-state index contributed by atoms with van der Waals surface area (Å²) >= 11 is 7.06. The minimum absolute atomic E-state index is 0.0675. The Labute approximate surface area is 150 Å². The summed E-state index contributed by atoms with van der Waals surface area (Å²) in [5.41, 5.74) is 1.97. The predicted octanol–water partition coefficient (Wildman–Crippen LogP) is 4.81. The van der Waals surface area contributed by atoms with Crippen molar-refractivity contribution in [2.24, 2.45) is 0 Å². The first-order valence-corrected chi connectivity index (χ1v) is 9.21. The van der Waals surface area contributed by atoms with E-state index in [9.17, 15) is 9.18 Å². The number of hydrogen-bond donors (Lipinski definition) is 1. The largest absolute Gasteiger partial charge is 0.372 e. The lowest BCUT2D eigenvalue weighted by molar-refractivity contribution is -0.113. The number of halogens is 2. The molecule has 0 aliphatic carbocycles. The molecular formula is C18H18ClFN2OS. The van der Waals surface area contributed by atoms with Gasteiger partial charge in [0.25, 0.3) is 0 Å². The number of nitrogens with zero attached hydrogens (tertiary/aromatic N) is 1. The van der Waals surface area contributed by atoms with Gasteiger partial charge in [0.05, 0.1) is 10.8 Å². The minimum atomic E-state index is -0.455. The number of hydrogen-bond acceptors (Lipinski definition) is 3. The molecule has 1 aliphatic heterocycles. The van der Waals surface area contributed by atoms with Crippen molar-refractivity contribution < 1.29 is 9.18 Å². The third-order valence-electron chi connectivity index (χ3n) is 3.88. The molecule has 0 unspecified atom stereocenters. The van der Waals surface area contributed by atoms with Crippen LogP contribution in [0.4, 0.5) is 15.8 Å². The molecule has 2 aromatic carbocycles. The molecule has 6 heteroatoms. The average molecular weight is 365 g/mol. The zero-order valence-electron chi connectivity index (χ0n) is 13.1. The SMILES string of the molecule is O=C(CSc1ccc(F)c(Cl)c1)Nc1ccc(N2CCCC2)cc1. The number of carbonyl (C=O) groups is 1. The van der Waals surface area contributed by atoms with E-state index in [1.807, 2.05) is 24.3 Å². The maximum Gasteiger partial charge on any atom is 0.234 e. The Morgan fingerprint density at radius 2 is 1.88 bits per heavy atom. The molecule has 1 N–H and O–H groups in total. The molecule has 2 aromatic rings. The number of nitrogens with one attached hydrogen (secondary N) is 1. The first-order valence-electron chi connectivity index (χ1n) is 7.84. The fourth-order valence-electron chi connectivity index (χ4n) is 2.64. The Bertz CT molecular complexity index is 717. The molecule has 3 rings (SSSR count). The summed E-state index contributed by atoms with van der Waals surface area (Å²) in [4.78, 5) is 15.1. The van der Waals surface area contributed by atoms with Crippen LogP contribution >= 0.6 is 23.4 Å². The van der Waals surface area contributed by atoms with Gasteiger partial charge in [-0.1, -0.05) is 11.6 Å². The number of anilines is 2. The van der Waals surface area contributed by atoms with Gasteiger partial charge in [-0.25, -0.2) is 4.39 Å². The quantitative estimate of drug-likeness (QED) is 0.773. The Morgan fingerprint density at radius 3 is 2.54 bits per heavy atom. The molecule has 0 spiro atoms. The van der Waals surface area contributed by atoms with Crippen molar-refractivity contribution in [1.82, 2.24) is 0 Å². The predicted molar refractivity (Wildman–Crippen MR) is 98.7 cm³/mol.